The van der Waals surface area contributed by atoms with Crippen LogP contribution >= 0.6 is 0 Å². The van der Waals surface area contributed by atoms with Crippen LogP contribution in [0.5, 0.6) is 0 Å². The zero-order valence-electron chi connectivity index (χ0n) is 10.4. The molecule has 1 heterocycles. The smallest absolute Gasteiger partial charge is 0.227 e. The number of ether oxygens (including phenoxy) is 1. The van der Waals surface area contributed by atoms with E-state index in [0.29, 0.717) is 5.69 Å². The Hall–Kier alpha value is -1.47. The maximum Gasteiger partial charge on any atom is 0.227 e. The number of nitrogens with two attached hydrogens (primary N) is 1. The van der Waals surface area contributed by atoms with Gasteiger partial charge in [-0.25, -0.2) is 0 Å². The molecule has 104 valence electrons. The molecule has 0 radical (unpaired) electrons. The Morgan fingerprint density at radius 1 is 1.21 bits per heavy atom. The van der Waals surface area contributed by atoms with E-state index in [1.165, 1.54) is 0 Å². The van der Waals surface area contributed by atoms with Crippen molar-refractivity contribution in [1.82, 2.24) is 0 Å². The summed E-state index contributed by atoms with van der Waals surface area (Å²) in [6, 6.07) is 9.00. The first-order valence-electron chi connectivity index (χ1n) is 6.18. The van der Waals surface area contributed by atoms with Gasteiger partial charge in [-0.3, -0.25) is 4.79 Å². The second-order valence-electron chi connectivity index (χ2n) is 4.55. The number of hydrogen-bond donors (Lipinski definition) is 4. The minimum Gasteiger partial charge on any atom is -0.388 e. The molecule has 0 aromatic heterocycles. The van der Waals surface area contributed by atoms with E-state index in [-0.39, 0.29) is 18.9 Å². The number of rotatable bonds is 4. The number of amides is 1. The maximum absolute atomic E-state index is 11.8. The first kappa shape index (κ1) is 14.0. The Morgan fingerprint density at radius 2 is 1.84 bits per heavy atom. The van der Waals surface area contributed by atoms with Gasteiger partial charge >= 0.3 is 0 Å². The largest absolute Gasteiger partial charge is 0.388 e. The summed E-state index contributed by atoms with van der Waals surface area (Å²) in [4.78, 5) is 11.8. The third-order valence-electron chi connectivity index (χ3n) is 3.14. The number of anilines is 1. The van der Waals surface area contributed by atoms with Crippen LogP contribution < -0.4 is 11.1 Å². The van der Waals surface area contributed by atoms with Gasteiger partial charge in [0.25, 0.3) is 0 Å². The van der Waals surface area contributed by atoms with Gasteiger partial charge in [-0.1, -0.05) is 18.2 Å². The number of nitrogens with one attached hydrogen (secondary N) is 1. The molecule has 5 N–H and O–H groups in total. The van der Waals surface area contributed by atoms with Crippen molar-refractivity contribution in [3.63, 3.8) is 0 Å². The van der Waals surface area contributed by atoms with Gasteiger partial charge in [0.15, 0.2) is 0 Å². The van der Waals surface area contributed by atoms with Crippen LogP contribution in [-0.2, 0) is 9.53 Å². The highest BCUT2D eigenvalue weighted by molar-refractivity contribution is 5.91. The highest BCUT2D eigenvalue weighted by Gasteiger charge is 2.42. The van der Waals surface area contributed by atoms with Crippen LogP contribution in [0, 0.1) is 0 Å². The van der Waals surface area contributed by atoms with Crippen molar-refractivity contribution in [2.45, 2.75) is 30.8 Å². The summed E-state index contributed by atoms with van der Waals surface area (Å²) in [5, 5.41) is 22.1. The van der Waals surface area contributed by atoms with E-state index >= 15 is 0 Å². The van der Waals surface area contributed by atoms with Gasteiger partial charge in [0.05, 0.1) is 18.6 Å². The summed E-state index contributed by atoms with van der Waals surface area (Å²) in [5.74, 6) is -0.278. The molecule has 1 aliphatic rings. The Morgan fingerprint density at radius 3 is 2.42 bits per heavy atom. The van der Waals surface area contributed by atoms with Crippen LogP contribution in [0.25, 0.3) is 0 Å². The molecule has 0 bridgehead atoms. The zero-order valence-corrected chi connectivity index (χ0v) is 10.4. The number of para-hydroxylation sites is 1. The normalized spacial score (nSPS) is 30.3. The Balaban J connectivity index is 1.89. The molecular weight excluding hydrogens is 248 g/mol. The molecule has 0 saturated carbocycles. The van der Waals surface area contributed by atoms with Crippen LogP contribution in [-0.4, -0.2) is 47.1 Å². The lowest BCUT2D eigenvalue weighted by Crippen LogP contribution is -2.36. The minimum absolute atomic E-state index is 0.0242. The zero-order chi connectivity index (χ0) is 13.8. The van der Waals surface area contributed by atoms with Gasteiger partial charge < -0.3 is 26.0 Å². The van der Waals surface area contributed by atoms with Crippen LogP contribution in [0.4, 0.5) is 5.69 Å². The molecule has 0 aliphatic carbocycles. The summed E-state index contributed by atoms with van der Waals surface area (Å²) in [7, 11) is 0. The second-order valence-corrected chi connectivity index (χ2v) is 4.55. The molecule has 1 fully saturated rings. The van der Waals surface area contributed by atoms with Crippen molar-refractivity contribution in [3.05, 3.63) is 30.3 Å². The summed E-state index contributed by atoms with van der Waals surface area (Å²) in [5.41, 5.74) is 6.08. The van der Waals surface area contributed by atoms with Gasteiger partial charge in [-0.2, -0.15) is 0 Å². The van der Waals surface area contributed by atoms with Gasteiger partial charge in [0.1, 0.15) is 12.2 Å². The fourth-order valence-corrected chi connectivity index (χ4v) is 2.11. The van der Waals surface area contributed by atoms with Crippen molar-refractivity contribution < 1.29 is 19.7 Å². The molecule has 1 aromatic carbocycles. The molecule has 1 aromatic rings. The molecule has 6 heteroatoms. The van der Waals surface area contributed by atoms with E-state index in [9.17, 15) is 15.0 Å². The number of hydrogen-bond acceptors (Lipinski definition) is 5. The minimum atomic E-state index is -1.09. The van der Waals surface area contributed by atoms with Crippen molar-refractivity contribution in [1.29, 1.82) is 0 Å². The topological polar surface area (TPSA) is 105 Å². The average Bonchev–Trinajstić information content (AvgIpc) is 2.67. The average molecular weight is 266 g/mol. The lowest BCUT2D eigenvalue weighted by Gasteiger charge is -2.14. The van der Waals surface area contributed by atoms with E-state index in [2.05, 4.69) is 5.32 Å². The number of aliphatic hydroxyl groups is 2. The molecule has 2 rings (SSSR count). The third kappa shape index (κ3) is 3.30. The van der Waals surface area contributed by atoms with E-state index < -0.39 is 24.4 Å². The Labute approximate surface area is 111 Å². The number of aliphatic hydroxyl groups excluding tert-OH is 2. The molecule has 0 spiro atoms. The van der Waals surface area contributed by atoms with Gasteiger partial charge in [0.2, 0.25) is 5.91 Å². The fourth-order valence-electron chi connectivity index (χ4n) is 2.11. The second kappa shape index (κ2) is 6.12. The molecule has 0 unspecified atom stereocenters. The summed E-state index contributed by atoms with van der Waals surface area (Å²) < 4.78 is 5.36. The van der Waals surface area contributed by atoms with Crippen molar-refractivity contribution in [2.24, 2.45) is 5.73 Å². The molecule has 19 heavy (non-hydrogen) atoms. The molecule has 6 nitrogen and oxygen atoms in total. The van der Waals surface area contributed by atoms with Crippen molar-refractivity contribution >= 4 is 11.6 Å². The summed E-state index contributed by atoms with van der Waals surface area (Å²) in [6.45, 7) is 0.106. The molecule has 1 saturated heterocycles. The SMILES string of the molecule is NC[C@H]1O[C@@H](CC(=O)Nc2ccccc2)[C@H](O)[C@@H]1O. The van der Waals surface area contributed by atoms with Crippen LogP contribution in [0.3, 0.4) is 0 Å². The van der Waals surface area contributed by atoms with Gasteiger partial charge in [-0.15, -0.1) is 0 Å². The highest BCUT2D eigenvalue weighted by Crippen LogP contribution is 2.23. The third-order valence-corrected chi connectivity index (χ3v) is 3.14. The quantitative estimate of drug-likeness (QED) is 0.586. The molecule has 1 aliphatic heterocycles. The number of benzene rings is 1. The van der Waals surface area contributed by atoms with E-state index in [1.54, 1.807) is 12.1 Å². The van der Waals surface area contributed by atoms with Crippen molar-refractivity contribution in [2.75, 3.05) is 11.9 Å². The standard InChI is InChI=1S/C13H18N2O4/c14-7-10-13(18)12(17)9(19-10)6-11(16)15-8-4-2-1-3-5-8/h1-5,9-10,12-13,17-18H,6-7,14H2,(H,15,16)/t9-,10+,12-,13+/m0/s1. The van der Waals surface area contributed by atoms with Crippen molar-refractivity contribution in [3.8, 4) is 0 Å². The van der Waals surface area contributed by atoms with Crippen LogP contribution in [0.2, 0.25) is 0 Å². The highest BCUT2D eigenvalue weighted by atomic mass is 16.5. The van der Waals surface area contributed by atoms with Gasteiger partial charge in [0, 0.05) is 12.2 Å². The lowest BCUT2D eigenvalue weighted by molar-refractivity contribution is -0.120. The first-order chi connectivity index (χ1) is 9.11. The van der Waals surface area contributed by atoms with E-state index in [1.807, 2.05) is 18.2 Å². The predicted molar refractivity (Wildman–Crippen MR) is 69.4 cm³/mol. The Bertz CT molecular complexity index is 426. The predicted octanol–water partition coefficient (Wildman–Crippen LogP) is -0.537. The lowest BCUT2D eigenvalue weighted by atomic mass is 10.1. The fraction of sp³-hybridized carbons (Fsp3) is 0.462. The van der Waals surface area contributed by atoms with E-state index in [0.717, 1.165) is 0 Å². The summed E-state index contributed by atoms with van der Waals surface area (Å²) in [6.07, 6.45) is -3.50. The maximum atomic E-state index is 11.8. The van der Waals surface area contributed by atoms with Crippen LogP contribution in [0.15, 0.2) is 30.3 Å². The Kier molecular flexibility index (Phi) is 4.49. The molecule has 1 amide bonds. The molecular formula is C13H18N2O4. The number of carbonyl (C=O) groups is 1. The van der Waals surface area contributed by atoms with Crippen LogP contribution in [0.1, 0.15) is 6.42 Å². The monoisotopic (exact) mass is 266 g/mol. The number of carbonyl (C=O) groups excluding carboxylic acids is 1. The summed E-state index contributed by atoms with van der Waals surface area (Å²) >= 11 is 0. The van der Waals surface area contributed by atoms with Gasteiger partial charge in [-0.05, 0) is 12.1 Å². The molecule has 4 atom stereocenters. The van der Waals surface area contributed by atoms with E-state index in [4.69, 9.17) is 10.5 Å². The first-order valence-corrected chi connectivity index (χ1v) is 6.18.